The Balaban J connectivity index is 0.000000184. The Bertz CT molecular complexity index is 477. The van der Waals surface area contributed by atoms with Gasteiger partial charge in [-0.1, -0.05) is 40.9 Å². The second-order valence-corrected chi connectivity index (χ2v) is 3.95. The Morgan fingerprint density at radius 2 is 1.11 bits per heavy atom. The second-order valence-electron chi connectivity index (χ2n) is 3.95. The Morgan fingerprint density at radius 1 is 0.778 bits per heavy atom. The van der Waals surface area contributed by atoms with Gasteiger partial charge in [-0.25, -0.2) is 13.2 Å². The minimum atomic E-state index is -1.49. The minimum Gasteiger partial charge on any atom is -0.204 e. The Kier molecular flexibility index (Phi) is 5.01. The van der Waals surface area contributed by atoms with Gasteiger partial charge in [0.05, 0.1) is 0 Å². The number of rotatable bonds is 0. The summed E-state index contributed by atoms with van der Waals surface area (Å²) < 4.78 is 36.4. The third kappa shape index (κ3) is 4.28. The summed E-state index contributed by atoms with van der Waals surface area (Å²) in [6.45, 7) is 4.19. The van der Waals surface area contributed by atoms with Crippen LogP contribution in [0.4, 0.5) is 13.2 Å². The lowest BCUT2D eigenvalue weighted by molar-refractivity contribution is 0.448. The van der Waals surface area contributed by atoms with E-state index in [9.17, 15) is 13.2 Å². The van der Waals surface area contributed by atoms with Crippen LogP contribution in [0.2, 0.25) is 0 Å². The summed E-state index contributed by atoms with van der Waals surface area (Å²) in [5.74, 6) is -4.02. The Hall–Kier alpha value is -1.71. The van der Waals surface area contributed by atoms with Gasteiger partial charge in [0.15, 0.2) is 17.5 Å². The summed E-state index contributed by atoms with van der Waals surface area (Å²) in [7, 11) is 4.98. The van der Waals surface area contributed by atoms with Crippen LogP contribution in [0.3, 0.4) is 0 Å². The van der Waals surface area contributed by atoms with Gasteiger partial charge in [0.2, 0.25) is 0 Å². The summed E-state index contributed by atoms with van der Waals surface area (Å²) >= 11 is 0. The number of aryl methyl sites for hydroxylation is 2. The molecule has 0 unspecified atom stereocenters. The zero-order valence-corrected chi connectivity index (χ0v) is 10.2. The maximum Gasteiger partial charge on any atom is 0.194 e. The SMILES string of the molecule is Cc1ccc(C)cc1.[B]c1cc(F)c(F)c(F)c1. The molecule has 0 aliphatic heterocycles. The third-order valence-corrected chi connectivity index (χ3v) is 2.22. The van der Waals surface area contributed by atoms with E-state index in [2.05, 4.69) is 38.1 Å². The molecule has 0 N–H and O–H groups in total. The molecule has 0 saturated heterocycles. The molecule has 2 rings (SSSR count). The fourth-order valence-electron chi connectivity index (χ4n) is 1.21. The number of hydrogen-bond acceptors (Lipinski definition) is 0. The van der Waals surface area contributed by atoms with E-state index in [4.69, 9.17) is 7.85 Å². The molecule has 0 amide bonds. The number of benzene rings is 2. The molecule has 0 atom stereocenters. The molecule has 92 valence electrons. The molecule has 2 aromatic carbocycles. The van der Waals surface area contributed by atoms with Crippen molar-refractivity contribution in [3.63, 3.8) is 0 Å². The highest BCUT2D eigenvalue weighted by Gasteiger charge is 2.07. The summed E-state index contributed by atoms with van der Waals surface area (Å²) in [5, 5.41) is 0. The number of hydrogen-bond donors (Lipinski definition) is 0. The van der Waals surface area contributed by atoms with Crippen molar-refractivity contribution in [2.24, 2.45) is 0 Å². The van der Waals surface area contributed by atoms with Crippen molar-refractivity contribution in [3.8, 4) is 0 Å². The molecule has 0 heterocycles. The molecule has 0 aliphatic rings. The zero-order valence-electron chi connectivity index (χ0n) is 10.2. The van der Waals surface area contributed by atoms with Gasteiger partial charge in [-0.3, -0.25) is 0 Å². The predicted molar refractivity (Wildman–Crippen MR) is 67.6 cm³/mol. The minimum absolute atomic E-state index is 0.128. The standard InChI is InChI=1S/C8H10.C6H2BF3/c1-7-3-5-8(2)6-4-7;7-3-1-4(8)6(10)5(9)2-3/h3-6H,1-2H3;1-2H. The van der Waals surface area contributed by atoms with E-state index in [1.807, 2.05) is 0 Å². The summed E-state index contributed by atoms with van der Waals surface area (Å²) in [5.41, 5.74) is 2.53. The molecule has 2 radical (unpaired) electrons. The third-order valence-electron chi connectivity index (χ3n) is 2.22. The first-order chi connectivity index (χ1) is 8.40. The highest BCUT2D eigenvalue weighted by Crippen LogP contribution is 2.06. The topological polar surface area (TPSA) is 0 Å². The molecule has 0 spiro atoms. The molecular formula is C14H12BF3. The second kappa shape index (κ2) is 6.29. The van der Waals surface area contributed by atoms with Gasteiger partial charge >= 0.3 is 0 Å². The quantitative estimate of drug-likeness (QED) is 0.496. The van der Waals surface area contributed by atoms with Gasteiger partial charge in [0.1, 0.15) is 7.85 Å². The summed E-state index contributed by atoms with van der Waals surface area (Å²) in [6.07, 6.45) is 0. The lowest BCUT2D eigenvalue weighted by Crippen LogP contribution is -2.06. The van der Waals surface area contributed by atoms with Crippen molar-refractivity contribution in [2.75, 3.05) is 0 Å². The zero-order chi connectivity index (χ0) is 13.7. The van der Waals surface area contributed by atoms with Gasteiger partial charge in [-0.2, -0.15) is 0 Å². The van der Waals surface area contributed by atoms with Gasteiger partial charge in [0, 0.05) is 0 Å². The molecule has 0 fully saturated rings. The first-order valence-corrected chi connectivity index (χ1v) is 5.33. The monoisotopic (exact) mass is 248 g/mol. The Morgan fingerprint density at radius 3 is 1.44 bits per heavy atom. The average Bonchev–Trinajstić information content (AvgIpc) is 2.31. The van der Waals surface area contributed by atoms with Gasteiger partial charge < -0.3 is 0 Å². The highest BCUT2D eigenvalue weighted by molar-refractivity contribution is 6.32. The molecule has 0 nitrogen and oxygen atoms in total. The van der Waals surface area contributed by atoms with E-state index < -0.39 is 17.5 Å². The van der Waals surface area contributed by atoms with Gasteiger partial charge in [-0.05, 0) is 26.0 Å². The van der Waals surface area contributed by atoms with Crippen LogP contribution >= 0.6 is 0 Å². The van der Waals surface area contributed by atoms with Crippen molar-refractivity contribution in [1.82, 2.24) is 0 Å². The maximum atomic E-state index is 12.1. The molecule has 0 bridgehead atoms. The molecule has 4 heteroatoms. The van der Waals surface area contributed by atoms with Crippen LogP contribution in [0.25, 0.3) is 0 Å². The van der Waals surface area contributed by atoms with E-state index >= 15 is 0 Å². The van der Waals surface area contributed by atoms with Gasteiger partial charge in [0.25, 0.3) is 0 Å². The molecule has 0 aliphatic carbocycles. The summed E-state index contributed by atoms with van der Waals surface area (Å²) in [4.78, 5) is 0. The van der Waals surface area contributed by atoms with E-state index in [1.54, 1.807) is 0 Å². The summed E-state index contributed by atoms with van der Waals surface area (Å²) in [6, 6.07) is 9.92. The van der Waals surface area contributed by atoms with E-state index in [0.29, 0.717) is 0 Å². The van der Waals surface area contributed by atoms with Crippen LogP contribution in [0.5, 0.6) is 0 Å². The molecule has 0 aromatic heterocycles. The van der Waals surface area contributed by atoms with Crippen LogP contribution < -0.4 is 5.46 Å². The number of halogens is 3. The van der Waals surface area contributed by atoms with E-state index in [0.717, 1.165) is 12.1 Å². The van der Waals surface area contributed by atoms with Crippen LogP contribution in [0.15, 0.2) is 36.4 Å². The van der Waals surface area contributed by atoms with Crippen molar-refractivity contribution >= 4 is 13.3 Å². The van der Waals surface area contributed by atoms with Crippen molar-refractivity contribution in [2.45, 2.75) is 13.8 Å². The largest absolute Gasteiger partial charge is 0.204 e. The molecule has 18 heavy (non-hydrogen) atoms. The average molecular weight is 248 g/mol. The molecule has 2 aromatic rings. The predicted octanol–water partition coefficient (Wildman–Crippen LogP) is 3.20. The normalized spacial score (nSPS) is 9.61. The van der Waals surface area contributed by atoms with Crippen molar-refractivity contribution < 1.29 is 13.2 Å². The van der Waals surface area contributed by atoms with Crippen LogP contribution in [0, 0.1) is 31.3 Å². The Labute approximate surface area is 106 Å². The fourth-order valence-corrected chi connectivity index (χ4v) is 1.21. The molecular weight excluding hydrogens is 236 g/mol. The first kappa shape index (κ1) is 14.4. The molecule has 0 saturated carbocycles. The van der Waals surface area contributed by atoms with Crippen LogP contribution in [-0.4, -0.2) is 7.85 Å². The van der Waals surface area contributed by atoms with Crippen molar-refractivity contribution in [3.05, 3.63) is 65.0 Å². The van der Waals surface area contributed by atoms with E-state index in [-0.39, 0.29) is 5.46 Å². The van der Waals surface area contributed by atoms with E-state index in [1.165, 1.54) is 11.1 Å². The van der Waals surface area contributed by atoms with Crippen LogP contribution in [-0.2, 0) is 0 Å². The maximum absolute atomic E-state index is 12.1. The smallest absolute Gasteiger partial charge is 0.194 e. The fraction of sp³-hybridized carbons (Fsp3) is 0.143. The highest BCUT2D eigenvalue weighted by atomic mass is 19.2. The van der Waals surface area contributed by atoms with Crippen LogP contribution in [0.1, 0.15) is 11.1 Å². The lowest BCUT2D eigenvalue weighted by atomic mass is 9.96. The van der Waals surface area contributed by atoms with Crippen molar-refractivity contribution in [1.29, 1.82) is 0 Å². The lowest BCUT2D eigenvalue weighted by Gasteiger charge is -1.95. The first-order valence-electron chi connectivity index (χ1n) is 5.33. The van der Waals surface area contributed by atoms with Gasteiger partial charge in [-0.15, -0.1) is 0 Å².